The smallest absolute Gasteiger partial charge is 0.200 e. The van der Waals surface area contributed by atoms with Gasteiger partial charge in [-0.15, -0.1) is 0 Å². The van der Waals surface area contributed by atoms with Crippen molar-refractivity contribution in [2.24, 2.45) is 0 Å². The lowest BCUT2D eigenvalue weighted by atomic mass is 9.92. The molecule has 3 heteroatoms. The Morgan fingerprint density at radius 3 is 2.16 bits per heavy atom. The lowest BCUT2D eigenvalue weighted by molar-refractivity contribution is 0.369. The van der Waals surface area contributed by atoms with Crippen molar-refractivity contribution in [3.05, 3.63) is 41.5 Å². The number of aromatic hydroxyl groups is 3. The van der Waals surface area contributed by atoms with E-state index in [-0.39, 0.29) is 11.5 Å². The van der Waals surface area contributed by atoms with Gasteiger partial charge in [0, 0.05) is 5.56 Å². The van der Waals surface area contributed by atoms with Crippen LogP contribution in [0.5, 0.6) is 17.2 Å². The molecule has 0 aliphatic carbocycles. The van der Waals surface area contributed by atoms with Gasteiger partial charge in [0.1, 0.15) is 0 Å². The number of hydrogen-bond acceptors (Lipinski definition) is 3. The zero-order chi connectivity index (χ0) is 14.0. The first-order valence-corrected chi connectivity index (χ1v) is 6.45. The van der Waals surface area contributed by atoms with Crippen LogP contribution in [0.15, 0.2) is 30.3 Å². The Kier molecular flexibility index (Phi) is 3.65. The third kappa shape index (κ3) is 2.24. The summed E-state index contributed by atoms with van der Waals surface area (Å²) in [4.78, 5) is 0. The van der Waals surface area contributed by atoms with E-state index in [1.165, 1.54) is 11.6 Å². The fraction of sp³-hybridized carbons (Fsp3) is 0.250. The molecule has 0 saturated carbocycles. The van der Waals surface area contributed by atoms with Crippen LogP contribution in [0.4, 0.5) is 0 Å². The minimum atomic E-state index is -0.471. The molecule has 3 N–H and O–H groups in total. The van der Waals surface area contributed by atoms with Gasteiger partial charge in [0.05, 0.1) is 0 Å². The monoisotopic (exact) mass is 258 g/mol. The molecule has 3 nitrogen and oxygen atoms in total. The summed E-state index contributed by atoms with van der Waals surface area (Å²) in [6.07, 6.45) is 1.77. The fourth-order valence-electron chi connectivity index (χ4n) is 2.42. The second kappa shape index (κ2) is 5.22. The number of hydrogen-bond donors (Lipinski definition) is 3. The van der Waals surface area contributed by atoms with Crippen LogP contribution < -0.4 is 0 Å². The number of aryl methyl sites for hydroxylation is 1. The highest BCUT2D eigenvalue weighted by Gasteiger charge is 2.15. The quantitative estimate of drug-likeness (QED) is 0.737. The summed E-state index contributed by atoms with van der Waals surface area (Å²) in [5, 5.41) is 29.0. The van der Waals surface area contributed by atoms with E-state index >= 15 is 0 Å². The molecule has 0 spiro atoms. The Morgan fingerprint density at radius 2 is 1.53 bits per heavy atom. The Balaban J connectivity index is 2.69. The van der Waals surface area contributed by atoms with Gasteiger partial charge in [-0.1, -0.05) is 32.0 Å². The topological polar surface area (TPSA) is 60.7 Å². The van der Waals surface area contributed by atoms with E-state index in [2.05, 4.69) is 19.9 Å². The van der Waals surface area contributed by atoms with E-state index in [9.17, 15) is 15.3 Å². The predicted octanol–water partition coefficient (Wildman–Crippen LogP) is 3.60. The Hall–Kier alpha value is -2.16. The van der Waals surface area contributed by atoms with Crippen LogP contribution in [0, 0.1) is 0 Å². The molecule has 0 atom stereocenters. The molecule has 0 aliphatic heterocycles. The molecule has 0 amide bonds. The summed E-state index contributed by atoms with van der Waals surface area (Å²) in [6, 6.07) is 8.95. The normalized spacial score (nSPS) is 10.6. The van der Waals surface area contributed by atoms with E-state index in [0.29, 0.717) is 5.56 Å². The zero-order valence-electron chi connectivity index (χ0n) is 11.1. The fourth-order valence-corrected chi connectivity index (χ4v) is 2.42. The summed E-state index contributed by atoms with van der Waals surface area (Å²) >= 11 is 0. The number of benzene rings is 2. The van der Waals surface area contributed by atoms with E-state index in [1.807, 2.05) is 12.1 Å². The number of phenols is 3. The molecular weight excluding hydrogens is 240 g/mol. The van der Waals surface area contributed by atoms with Crippen LogP contribution in [0.3, 0.4) is 0 Å². The lowest BCUT2D eigenvalue weighted by Crippen LogP contribution is -1.95. The van der Waals surface area contributed by atoms with E-state index in [1.54, 1.807) is 6.07 Å². The van der Waals surface area contributed by atoms with Gasteiger partial charge in [-0.05, 0) is 41.7 Å². The summed E-state index contributed by atoms with van der Waals surface area (Å²) in [5.41, 5.74) is 3.83. The van der Waals surface area contributed by atoms with Gasteiger partial charge in [-0.25, -0.2) is 0 Å². The Bertz CT molecular complexity index is 603. The minimum Gasteiger partial charge on any atom is -0.504 e. The largest absolute Gasteiger partial charge is 0.504 e. The van der Waals surface area contributed by atoms with E-state index in [4.69, 9.17) is 0 Å². The van der Waals surface area contributed by atoms with Crippen molar-refractivity contribution >= 4 is 0 Å². The van der Waals surface area contributed by atoms with Crippen molar-refractivity contribution in [1.82, 2.24) is 0 Å². The molecule has 0 heterocycles. The molecule has 0 aliphatic rings. The third-order valence-corrected chi connectivity index (χ3v) is 3.43. The van der Waals surface area contributed by atoms with Crippen molar-refractivity contribution in [1.29, 1.82) is 0 Å². The maximum absolute atomic E-state index is 10.0. The Labute approximate surface area is 112 Å². The van der Waals surface area contributed by atoms with Gasteiger partial charge in [0.2, 0.25) is 5.75 Å². The highest BCUT2D eigenvalue weighted by atomic mass is 16.3. The number of rotatable bonds is 3. The molecule has 2 rings (SSSR count). The maximum Gasteiger partial charge on any atom is 0.200 e. The van der Waals surface area contributed by atoms with E-state index < -0.39 is 5.75 Å². The molecular formula is C16H18O3. The second-order valence-corrected chi connectivity index (χ2v) is 4.48. The van der Waals surface area contributed by atoms with Gasteiger partial charge < -0.3 is 15.3 Å². The highest BCUT2D eigenvalue weighted by molar-refractivity contribution is 5.78. The van der Waals surface area contributed by atoms with Gasteiger partial charge in [0.15, 0.2) is 11.5 Å². The first-order chi connectivity index (χ1) is 9.10. The van der Waals surface area contributed by atoms with Crippen LogP contribution in [-0.4, -0.2) is 15.3 Å². The lowest BCUT2D eigenvalue weighted by Gasteiger charge is -2.14. The van der Waals surface area contributed by atoms with Gasteiger partial charge in [-0.3, -0.25) is 0 Å². The molecule has 2 aromatic rings. The van der Waals surface area contributed by atoms with Crippen molar-refractivity contribution in [2.45, 2.75) is 26.7 Å². The summed E-state index contributed by atoms with van der Waals surface area (Å²) in [6.45, 7) is 4.15. The first-order valence-electron chi connectivity index (χ1n) is 6.45. The molecule has 0 bridgehead atoms. The third-order valence-electron chi connectivity index (χ3n) is 3.43. The minimum absolute atomic E-state index is 0.275. The average molecular weight is 258 g/mol. The summed E-state index contributed by atoms with van der Waals surface area (Å²) < 4.78 is 0. The van der Waals surface area contributed by atoms with Crippen molar-refractivity contribution in [3.63, 3.8) is 0 Å². The van der Waals surface area contributed by atoms with Crippen LogP contribution in [0.2, 0.25) is 0 Å². The van der Waals surface area contributed by atoms with Crippen LogP contribution >= 0.6 is 0 Å². The second-order valence-electron chi connectivity index (χ2n) is 4.48. The molecule has 0 radical (unpaired) electrons. The molecule has 0 aromatic heterocycles. The average Bonchev–Trinajstić information content (AvgIpc) is 2.44. The molecule has 19 heavy (non-hydrogen) atoms. The molecule has 0 saturated heterocycles. The van der Waals surface area contributed by atoms with Gasteiger partial charge in [-0.2, -0.15) is 0 Å². The first kappa shape index (κ1) is 13.3. The molecule has 100 valence electrons. The van der Waals surface area contributed by atoms with Crippen molar-refractivity contribution in [3.8, 4) is 28.4 Å². The van der Waals surface area contributed by atoms with Crippen molar-refractivity contribution in [2.75, 3.05) is 0 Å². The zero-order valence-corrected chi connectivity index (χ0v) is 11.1. The summed E-state index contributed by atoms with van der Waals surface area (Å²) in [5.74, 6) is -1.06. The van der Waals surface area contributed by atoms with Crippen LogP contribution in [0.1, 0.15) is 25.0 Å². The van der Waals surface area contributed by atoms with Crippen LogP contribution in [0.25, 0.3) is 11.1 Å². The maximum atomic E-state index is 10.0. The van der Waals surface area contributed by atoms with E-state index in [0.717, 1.165) is 24.0 Å². The summed E-state index contributed by atoms with van der Waals surface area (Å²) in [7, 11) is 0. The standard InChI is InChI=1S/C16H18O3/c1-3-10-6-5-7-12(11(10)4-2)13-8-9-14(17)16(19)15(13)18/h5-9,17-19H,3-4H2,1-2H3. The van der Waals surface area contributed by atoms with Gasteiger partial charge in [0.25, 0.3) is 0 Å². The van der Waals surface area contributed by atoms with Gasteiger partial charge >= 0.3 is 0 Å². The Morgan fingerprint density at radius 1 is 0.789 bits per heavy atom. The SMILES string of the molecule is CCc1cccc(-c2ccc(O)c(O)c2O)c1CC. The highest BCUT2D eigenvalue weighted by Crippen LogP contribution is 2.43. The van der Waals surface area contributed by atoms with Crippen LogP contribution in [-0.2, 0) is 12.8 Å². The molecule has 2 aromatic carbocycles. The predicted molar refractivity (Wildman–Crippen MR) is 75.6 cm³/mol. The molecule has 0 unspecified atom stereocenters. The number of phenolic OH excluding ortho intramolecular Hbond substituents is 3. The molecule has 0 fully saturated rings. The van der Waals surface area contributed by atoms with Crippen molar-refractivity contribution < 1.29 is 15.3 Å².